The van der Waals surface area contributed by atoms with Gasteiger partial charge in [0.1, 0.15) is 5.56 Å². The third-order valence-electron chi connectivity index (χ3n) is 4.21. The molecule has 2 atom stereocenters. The minimum atomic E-state index is -1.13. The van der Waals surface area contributed by atoms with Crippen molar-refractivity contribution in [2.24, 2.45) is 5.92 Å². The van der Waals surface area contributed by atoms with E-state index in [0.29, 0.717) is 24.8 Å². The van der Waals surface area contributed by atoms with Crippen LogP contribution in [-0.2, 0) is 4.74 Å². The van der Waals surface area contributed by atoms with Crippen molar-refractivity contribution in [2.45, 2.75) is 19.4 Å². The van der Waals surface area contributed by atoms with E-state index >= 15 is 0 Å². The molecule has 134 valence electrons. The molecule has 2 aromatic heterocycles. The van der Waals surface area contributed by atoms with Gasteiger partial charge in [-0.05, 0) is 12.3 Å². The quantitative estimate of drug-likeness (QED) is 0.799. The van der Waals surface area contributed by atoms with E-state index in [4.69, 9.17) is 9.47 Å². The molecule has 3 rings (SSSR count). The number of carboxylic acids is 1. The van der Waals surface area contributed by atoms with Crippen LogP contribution in [0.1, 0.15) is 29.7 Å². The Morgan fingerprint density at radius 2 is 2.32 bits per heavy atom. The Morgan fingerprint density at radius 3 is 3.00 bits per heavy atom. The summed E-state index contributed by atoms with van der Waals surface area (Å²) >= 11 is 0. The van der Waals surface area contributed by atoms with Crippen molar-refractivity contribution in [1.82, 2.24) is 14.8 Å². The zero-order valence-corrected chi connectivity index (χ0v) is 13.9. The molecule has 9 heteroatoms. The average Bonchev–Trinajstić information content (AvgIpc) is 2.98. The highest BCUT2D eigenvalue weighted by molar-refractivity contribution is 5.93. The van der Waals surface area contributed by atoms with Crippen LogP contribution in [0.2, 0.25) is 0 Å². The smallest absolute Gasteiger partial charge is 0.341 e. The number of anilines is 2. The maximum Gasteiger partial charge on any atom is 0.341 e. The number of nitrogens with zero attached hydrogens (tertiary/aromatic N) is 3. The molecule has 0 amide bonds. The highest BCUT2D eigenvalue weighted by Gasteiger charge is 2.27. The highest BCUT2D eigenvalue weighted by Crippen LogP contribution is 2.29. The molecule has 2 N–H and O–H groups in total. The van der Waals surface area contributed by atoms with Gasteiger partial charge >= 0.3 is 5.97 Å². The molecule has 1 saturated heterocycles. The fraction of sp³-hybridized carbons (Fsp3) is 0.438. The van der Waals surface area contributed by atoms with Crippen LogP contribution < -0.4 is 10.1 Å². The monoisotopic (exact) mass is 350 g/mol. The Labute approximate surface area is 143 Å². The molecule has 0 saturated carbocycles. The van der Waals surface area contributed by atoms with Gasteiger partial charge in [-0.2, -0.15) is 14.5 Å². The average molecular weight is 350 g/mol. The van der Waals surface area contributed by atoms with Crippen molar-refractivity contribution in [1.29, 1.82) is 0 Å². The second-order valence-electron chi connectivity index (χ2n) is 5.93. The first kappa shape index (κ1) is 17.2. The minimum absolute atomic E-state index is 0.00559. The summed E-state index contributed by atoms with van der Waals surface area (Å²) in [5.74, 6) is -1.36. The lowest BCUT2D eigenvalue weighted by Gasteiger charge is -2.28. The van der Waals surface area contributed by atoms with E-state index < -0.39 is 11.9 Å². The Hall–Kier alpha value is -2.68. The van der Waals surface area contributed by atoms with E-state index in [1.807, 2.05) is 0 Å². The highest BCUT2D eigenvalue weighted by atomic mass is 19.1. The molecule has 2 aromatic rings. The molecule has 0 aliphatic carbocycles. The maximum atomic E-state index is 13.5. The topological polar surface area (TPSA) is 98.5 Å². The fourth-order valence-corrected chi connectivity index (χ4v) is 2.76. The van der Waals surface area contributed by atoms with Crippen LogP contribution in [0.15, 0.2) is 18.3 Å². The zero-order valence-electron chi connectivity index (χ0n) is 13.9. The number of halogens is 1. The van der Waals surface area contributed by atoms with Gasteiger partial charge < -0.3 is 19.9 Å². The van der Waals surface area contributed by atoms with Crippen molar-refractivity contribution in [2.75, 3.05) is 25.6 Å². The Bertz CT molecular complexity index is 779. The summed E-state index contributed by atoms with van der Waals surface area (Å²) in [6, 6.07) is 2.55. The van der Waals surface area contributed by atoms with Crippen molar-refractivity contribution >= 4 is 17.5 Å². The van der Waals surface area contributed by atoms with Crippen LogP contribution in [0.3, 0.4) is 0 Å². The number of aromatic carboxylic acids is 1. The summed E-state index contributed by atoms with van der Waals surface area (Å²) in [4.78, 5) is 15.1. The molecular formula is C16H19FN4O4. The van der Waals surface area contributed by atoms with Gasteiger partial charge in [0.05, 0.1) is 19.8 Å². The third-order valence-corrected chi connectivity index (χ3v) is 4.21. The van der Waals surface area contributed by atoms with Crippen molar-refractivity contribution in [3.05, 3.63) is 29.8 Å². The van der Waals surface area contributed by atoms with Crippen LogP contribution in [0, 0.1) is 11.9 Å². The van der Waals surface area contributed by atoms with E-state index in [1.165, 1.54) is 19.4 Å². The lowest BCUT2D eigenvalue weighted by atomic mass is 9.97. The molecule has 0 aromatic carbocycles. The molecule has 0 spiro atoms. The lowest BCUT2D eigenvalue weighted by molar-refractivity contribution is 0.0237. The number of aromatic nitrogens is 3. The van der Waals surface area contributed by atoms with E-state index in [2.05, 4.69) is 22.3 Å². The van der Waals surface area contributed by atoms with Gasteiger partial charge in [-0.15, -0.1) is 0 Å². The van der Waals surface area contributed by atoms with Gasteiger partial charge in [0.15, 0.2) is 5.82 Å². The number of hydrogen-bond acceptors (Lipinski definition) is 6. The lowest BCUT2D eigenvalue weighted by Crippen LogP contribution is -2.28. The molecule has 1 aliphatic rings. The molecular weight excluding hydrogens is 331 g/mol. The van der Waals surface area contributed by atoms with Gasteiger partial charge in [0.25, 0.3) is 0 Å². The second-order valence-corrected chi connectivity index (χ2v) is 5.93. The molecule has 0 unspecified atom stereocenters. The molecule has 0 radical (unpaired) electrons. The van der Waals surface area contributed by atoms with Gasteiger partial charge in [0, 0.05) is 30.6 Å². The fourth-order valence-electron chi connectivity index (χ4n) is 2.76. The molecule has 1 fully saturated rings. The molecule has 1 aliphatic heterocycles. The first-order valence-electron chi connectivity index (χ1n) is 7.86. The number of nitrogens with one attached hydrogen (secondary N) is 1. The SMILES string of the molecule is COc1cc(Nc2nn([C@H]3COCC[C@@H]3C)cc2C(=O)O)cc(F)n1. The summed E-state index contributed by atoms with van der Waals surface area (Å²) in [7, 11) is 1.37. The number of carboxylic acid groups (broad SMARTS) is 1. The minimum Gasteiger partial charge on any atom is -0.481 e. The summed E-state index contributed by atoms with van der Waals surface area (Å²) in [5, 5.41) is 16.6. The predicted octanol–water partition coefficient (Wildman–Crippen LogP) is 2.47. The van der Waals surface area contributed by atoms with E-state index in [-0.39, 0.29) is 23.3 Å². The normalized spacial score (nSPS) is 20.3. The first-order chi connectivity index (χ1) is 12.0. The van der Waals surface area contributed by atoms with Crippen LogP contribution in [0.25, 0.3) is 0 Å². The zero-order chi connectivity index (χ0) is 18.0. The standard InChI is InChI=1S/C16H19FN4O4/c1-9-3-4-25-8-12(9)21-7-11(16(22)23)15(20-21)18-10-5-13(17)19-14(6-10)24-2/h5-7,9,12H,3-4,8H2,1-2H3,(H,22,23)(H,18,19,20)/t9-,12-/m0/s1. The molecule has 3 heterocycles. The van der Waals surface area contributed by atoms with Gasteiger partial charge in [-0.3, -0.25) is 4.68 Å². The maximum absolute atomic E-state index is 13.5. The number of pyridine rings is 1. The van der Waals surface area contributed by atoms with E-state index in [1.54, 1.807) is 4.68 Å². The van der Waals surface area contributed by atoms with Gasteiger partial charge in [-0.1, -0.05) is 6.92 Å². The van der Waals surface area contributed by atoms with Crippen LogP contribution in [0.4, 0.5) is 15.9 Å². The summed E-state index contributed by atoms with van der Waals surface area (Å²) in [6.07, 6.45) is 2.34. The van der Waals surface area contributed by atoms with Crippen molar-refractivity contribution in [3.8, 4) is 5.88 Å². The summed E-state index contributed by atoms with van der Waals surface area (Å²) in [6.45, 7) is 3.23. The summed E-state index contributed by atoms with van der Waals surface area (Å²) < 4.78 is 25.5. The number of ether oxygens (including phenoxy) is 2. The second kappa shape index (κ2) is 7.06. The van der Waals surface area contributed by atoms with E-state index in [9.17, 15) is 14.3 Å². The van der Waals surface area contributed by atoms with Gasteiger partial charge in [-0.25, -0.2) is 4.79 Å². The Balaban J connectivity index is 1.92. The van der Waals surface area contributed by atoms with Crippen LogP contribution in [-0.4, -0.2) is 46.2 Å². The van der Waals surface area contributed by atoms with E-state index in [0.717, 1.165) is 12.5 Å². The number of rotatable bonds is 5. The summed E-state index contributed by atoms with van der Waals surface area (Å²) in [5.41, 5.74) is 0.291. The number of hydrogen-bond donors (Lipinski definition) is 2. The van der Waals surface area contributed by atoms with Crippen molar-refractivity contribution < 1.29 is 23.8 Å². The molecule has 8 nitrogen and oxygen atoms in total. The van der Waals surface area contributed by atoms with Crippen LogP contribution in [0.5, 0.6) is 5.88 Å². The van der Waals surface area contributed by atoms with Gasteiger partial charge in [0.2, 0.25) is 11.8 Å². The first-order valence-corrected chi connectivity index (χ1v) is 7.86. The number of methoxy groups -OCH3 is 1. The molecule has 25 heavy (non-hydrogen) atoms. The molecule has 0 bridgehead atoms. The van der Waals surface area contributed by atoms with Crippen molar-refractivity contribution in [3.63, 3.8) is 0 Å². The largest absolute Gasteiger partial charge is 0.481 e. The Kier molecular flexibility index (Phi) is 4.84. The number of carbonyl (C=O) groups is 1. The third kappa shape index (κ3) is 3.71. The Morgan fingerprint density at radius 1 is 1.52 bits per heavy atom. The van der Waals surface area contributed by atoms with Crippen LogP contribution >= 0.6 is 0 Å². The predicted molar refractivity (Wildman–Crippen MR) is 86.9 cm³/mol.